The van der Waals surface area contributed by atoms with Gasteiger partial charge in [0.2, 0.25) is 0 Å². The van der Waals surface area contributed by atoms with Gasteiger partial charge in [0.1, 0.15) is 17.6 Å². The van der Waals surface area contributed by atoms with Gasteiger partial charge in [0.25, 0.3) is 0 Å². The van der Waals surface area contributed by atoms with Gasteiger partial charge in [-0.25, -0.2) is 0 Å². The largest absolute Gasteiger partial charge is 0.455 e. The first-order valence-electron chi connectivity index (χ1n) is 6.40. The summed E-state index contributed by atoms with van der Waals surface area (Å²) in [6.45, 7) is 6.11. The molecule has 2 aromatic rings. The molecule has 0 aliphatic rings. The first kappa shape index (κ1) is 14.6. The number of nitrogens with zero attached hydrogens (tertiary/aromatic N) is 1. The number of ether oxygens (including phenoxy) is 1. The Labute approximate surface area is 128 Å². The summed E-state index contributed by atoms with van der Waals surface area (Å²) in [6.07, 6.45) is 0. The maximum absolute atomic E-state index is 9.26. The van der Waals surface area contributed by atoms with Crippen LogP contribution in [0.2, 0.25) is 0 Å². The average Bonchev–Trinajstić information content (AvgIpc) is 2.47. The quantitative estimate of drug-likeness (QED) is 0.727. The number of hydrogen-bond donors (Lipinski definition) is 0. The van der Waals surface area contributed by atoms with E-state index in [-0.39, 0.29) is 0 Å². The van der Waals surface area contributed by atoms with Gasteiger partial charge in [0.15, 0.2) is 0 Å². The van der Waals surface area contributed by atoms with Crippen LogP contribution in [0.1, 0.15) is 27.8 Å². The number of alkyl halides is 1. The average molecular weight is 330 g/mol. The van der Waals surface area contributed by atoms with E-state index in [1.165, 1.54) is 5.56 Å². The van der Waals surface area contributed by atoms with E-state index in [1.807, 2.05) is 38.1 Å². The zero-order chi connectivity index (χ0) is 14.7. The Morgan fingerprint density at radius 2 is 1.80 bits per heavy atom. The van der Waals surface area contributed by atoms with Gasteiger partial charge in [-0.2, -0.15) is 5.26 Å². The molecule has 20 heavy (non-hydrogen) atoms. The Hall–Kier alpha value is -1.79. The maximum Gasteiger partial charge on any atom is 0.145 e. The molecule has 0 saturated carbocycles. The summed E-state index contributed by atoms with van der Waals surface area (Å²) in [4.78, 5) is 0. The van der Waals surface area contributed by atoms with Gasteiger partial charge in [-0.15, -0.1) is 0 Å². The first-order valence-corrected chi connectivity index (χ1v) is 7.52. The lowest BCUT2D eigenvalue weighted by atomic mass is 10.1. The van der Waals surface area contributed by atoms with Crippen molar-refractivity contribution in [1.29, 1.82) is 5.26 Å². The van der Waals surface area contributed by atoms with E-state index < -0.39 is 0 Å². The molecule has 3 heteroatoms. The molecule has 0 radical (unpaired) electrons. The lowest BCUT2D eigenvalue weighted by Gasteiger charge is -2.14. The third-order valence-electron chi connectivity index (χ3n) is 3.40. The zero-order valence-corrected chi connectivity index (χ0v) is 13.4. The van der Waals surface area contributed by atoms with Gasteiger partial charge < -0.3 is 4.74 Å². The number of hydrogen-bond acceptors (Lipinski definition) is 2. The van der Waals surface area contributed by atoms with Gasteiger partial charge in [-0.3, -0.25) is 0 Å². The Morgan fingerprint density at radius 1 is 1.10 bits per heavy atom. The Morgan fingerprint density at radius 3 is 2.45 bits per heavy atom. The standard InChI is InChI=1S/C17H16BrNO/c1-11-4-5-12(2)17(13(11)3)20-16-7-6-14(9-18)8-15(16)10-19/h4-8H,9H2,1-3H3. The molecule has 0 N–H and O–H groups in total. The van der Waals surface area contributed by atoms with Crippen LogP contribution >= 0.6 is 15.9 Å². The minimum atomic E-state index is 0.558. The highest BCUT2D eigenvalue weighted by Crippen LogP contribution is 2.32. The van der Waals surface area contributed by atoms with Crippen LogP contribution in [0.4, 0.5) is 0 Å². The second-order valence-electron chi connectivity index (χ2n) is 4.83. The van der Waals surface area contributed by atoms with E-state index in [9.17, 15) is 5.26 Å². The highest BCUT2D eigenvalue weighted by Gasteiger charge is 2.11. The molecule has 2 nitrogen and oxygen atoms in total. The fourth-order valence-electron chi connectivity index (χ4n) is 2.03. The van der Waals surface area contributed by atoms with E-state index in [4.69, 9.17) is 4.74 Å². The van der Waals surface area contributed by atoms with Crippen LogP contribution in [0.5, 0.6) is 11.5 Å². The number of nitriles is 1. The molecule has 0 atom stereocenters. The normalized spacial score (nSPS) is 10.2. The number of halogens is 1. The van der Waals surface area contributed by atoms with Gasteiger partial charge in [-0.1, -0.05) is 34.1 Å². The fraction of sp³-hybridized carbons (Fsp3) is 0.235. The molecule has 0 heterocycles. The lowest BCUT2D eigenvalue weighted by Crippen LogP contribution is -1.96. The molecule has 0 fully saturated rings. The van der Waals surface area contributed by atoms with Gasteiger partial charge >= 0.3 is 0 Å². The van der Waals surface area contributed by atoms with Gasteiger partial charge in [0, 0.05) is 5.33 Å². The fourth-order valence-corrected chi connectivity index (χ4v) is 2.38. The molecule has 0 saturated heterocycles. The van der Waals surface area contributed by atoms with Crippen LogP contribution in [0.15, 0.2) is 30.3 Å². The summed E-state index contributed by atoms with van der Waals surface area (Å²) >= 11 is 3.39. The van der Waals surface area contributed by atoms with Crippen molar-refractivity contribution >= 4 is 15.9 Å². The third-order valence-corrected chi connectivity index (χ3v) is 4.05. The predicted octanol–water partition coefficient (Wildman–Crippen LogP) is 5.17. The van der Waals surface area contributed by atoms with Crippen molar-refractivity contribution in [3.8, 4) is 17.6 Å². The SMILES string of the molecule is Cc1ccc(C)c(Oc2ccc(CBr)cc2C#N)c1C. The molecule has 102 valence electrons. The van der Waals surface area contributed by atoms with E-state index in [1.54, 1.807) is 0 Å². The topological polar surface area (TPSA) is 33.0 Å². The molecular formula is C17H16BrNO. The van der Waals surface area contributed by atoms with E-state index in [0.717, 1.165) is 27.8 Å². The Kier molecular flexibility index (Phi) is 4.46. The van der Waals surface area contributed by atoms with Crippen LogP contribution in [0.25, 0.3) is 0 Å². The van der Waals surface area contributed by atoms with Crippen LogP contribution in [0, 0.1) is 32.1 Å². The predicted molar refractivity (Wildman–Crippen MR) is 84.5 cm³/mol. The molecule has 0 aromatic heterocycles. The third kappa shape index (κ3) is 2.86. The molecule has 0 aliphatic heterocycles. The van der Waals surface area contributed by atoms with Crippen LogP contribution in [-0.2, 0) is 5.33 Å². The number of benzene rings is 2. The summed E-state index contributed by atoms with van der Waals surface area (Å²) in [5.41, 5.74) is 4.98. The second kappa shape index (κ2) is 6.11. The molecule has 0 bridgehead atoms. The molecule has 0 aliphatic carbocycles. The summed E-state index contributed by atoms with van der Waals surface area (Å²) in [5, 5.41) is 9.99. The Bertz CT molecular complexity index is 686. The van der Waals surface area contributed by atoms with Crippen molar-refractivity contribution in [2.45, 2.75) is 26.1 Å². The van der Waals surface area contributed by atoms with E-state index in [0.29, 0.717) is 11.3 Å². The molecule has 0 unspecified atom stereocenters. The Balaban J connectivity index is 2.46. The van der Waals surface area contributed by atoms with E-state index >= 15 is 0 Å². The zero-order valence-electron chi connectivity index (χ0n) is 11.8. The summed E-state index contributed by atoms with van der Waals surface area (Å²) < 4.78 is 6.00. The molecule has 0 amide bonds. The summed E-state index contributed by atoms with van der Waals surface area (Å²) in [5.74, 6) is 1.45. The molecule has 2 rings (SSSR count). The van der Waals surface area contributed by atoms with Gasteiger partial charge in [0.05, 0.1) is 5.56 Å². The van der Waals surface area contributed by atoms with Crippen LogP contribution in [0.3, 0.4) is 0 Å². The molecule has 0 spiro atoms. The van der Waals surface area contributed by atoms with Crippen LogP contribution < -0.4 is 4.74 Å². The smallest absolute Gasteiger partial charge is 0.145 e. The summed E-state index contributed by atoms with van der Waals surface area (Å²) in [6, 6.07) is 12.0. The first-order chi connectivity index (χ1) is 9.56. The number of rotatable bonds is 3. The lowest BCUT2D eigenvalue weighted by molar-refractivity contribution is 0.473. The highest BCUT2D eigenvalue weighted by atomic mass is 79.9. The minimum Gasteiger partial charge on any atom is -0.455 e. The minimum absolute atomic E-state index is 0.558. The van der Waals surface area contributed by atoms with Crippen molar-refractivity contribution in [1.82, 2.24) is 0 Å². The van der Waals surface area contributed by atoms with Crippen molar-refractivity contribution in [2.75, 3.05) is 0 Å². The molecular weight excluding hydrogens is 314 g/mol. The van der Waals surface area contributed by atoms with Crippen molar-refractivity contribution in [2.24, 2.45) is 0 Å². The number of aryl methyl sites for hydroxylation is 2. The highest BCUT2D eigenvalue weighted by molar-refractivity contribution is 9.08. The van der Waals surface area contributed by atoms with Crippen molar-refractivity contribution in [3.63, 3.8) is 0 Å². The van der Waals surface area contributed by atoms with Crippen molar-refractivity contribution in [3.05, 3.63) is 58.1 Å². The van der Waals surface area contributed by atoms with Gasteiger partial charge in [-0.05, 0) is 55.2 Å². The second-order valence-corrected chi connectivity index (χ2v) is 5.39. The van der Waals surface area contributed by atoms with Crippen molar-refractivity contribution < 1.29 is 4.74 Å². The summed E-state index contributed by atoms with van der Waals surface area (Å²) in [7, 11) is 0. The monoisotopic (exact) mass is 329 g/mol. The molecule has 2 aromatic carbocycles. The van der Waals surface area contributed by atoms with Crippen LogP contribution in [-0.4, -0.2) is 0 Å². The maximum atomic E-state index is 9.26. The van der Waals surface area contributed by atoms with E-state index in [2.05, 4.69) is 35.0 Å².